The lowest BCUT2D eigenvalue weighted by Crippen LogP contribution is -2.29. The van der Waals surface area contributed by atoms with Crippen molar-refractivity contribution in [3.05, 3.63) is 52.0 Å². The predicted octanol–water partition coefficient (Wildman–Crippen LogP) is 7.59. The molecule has 2 aromatic carbocycles. The highest BCUT2D eigenvalue weighted by molar-refractivity contribution is 9.10. The van der Waals surface area contributed by atoms with E-state index in [-0.39, 0.29) is 11.0 Å². The minimum atomic E-state index is -0.318. The summed E-state index contributed by atoms with van der Waals surface area (Å²) in [6.45, 7) is 8.97. The van der Waals surface area contributed by atoms with Crippen molar-refractivity contribution in [1.82, 2.24) is 0 Å². The Morgan fingerprint density at radius 3 is 2.48 bits per heavy atom. The van der Waals surface area contributed by atoms with Crippen molar-refractivity contribution in [2.75, 3.05) is 5.33 Å². The van der Waals surface area contributed by atoms with E-state index < -0.39 is 0 Å². The third-order valence-corrected chi connectivity index (χ3v) is 6.29. The van der Waals surface area contributed by atoms with Gasteiger partial charge in [0.2, 0.25) is 0 Å². The molecule has 1 heterocycles. The molecule has 0 amide bonds. The Labute approximate surface area is 168 Å². The van der Waals surface area contributed by atoms with E-state index in [0.29, 0.717) is 0 Å². The van der Waals surface area contributed by atoms with Gasteiger partial charge in [-0.2, -0.15) is 0 Å². The van der Waals surface area contributed by atoms with Gasteiger partial charge in [0.05, 0.1) is 0 Å². The molecule has 0 aliphatic carbocycles. The Morgan fingerprint density at radius 2 is 1.76 bits per heavy atom. The molecule has 25 heavy (non-hydrogen) atoms. The first-order chi connectivity index (χ1) is 11.7. The van der Waals surface area contributed by atoms with Crippen LogP contribution in [-0.2, 0) is 11.0 Å². The monoisotopic (exact) mass is 464 g/mol. The van der Waals surface area contributed by atoms with Gasteiger partial charge in [-0.15, -0.1) is 0 Å². The van der Waals surface area contributed by atoms with Gasteiger partial charge in [-0.25, -0.2) is 0 Å². The zero-order chi connectivity index (χ0) is 18.2. The molecule has 1 aliphatic heterocycles. The second-order valence-corrected chi connectivity index (χ2v) is 9.75. The molecule has 1 nitrogen and oxygen atoms in total. The first-order valence-corrected chi connectivity index (χ1v) is 10.9. The second-order valence-electron chi connectivity index (χ2n) is 8.04. The standard InChI is InChI=1S/C22H26Br2O/c1-21(2,11-5-6-12-23)15-7-9-17-18-14-16(24)8-10-19(18)22(3,4)25-20(17)13-15/h7-10,13-14H,5-6,11-12H2,1-4H3. The highest BCUT2D eigenvalue weighted by Gasteiger charge is 2.33. The fourth-order valence-electron chi connectivity index (χ4n) is 3.65. The molecule has 3 rings (SSSR count). The zero-order valence-corrected chi connectivity index (χ0v) is 18.6. The summed E-state index contributed by atoms with van der Waals surface area (Å²) in [5.74, 6) is 1.00. The number of alkyl halides is 1. The van der Waals surface area contributed by atoms with E-state index in [2.05, 4.69) is 96.0 Å². The van der Waals surface area contributed by atoms with Crippen molar-refractivity contribution in [2.24, 2.45) is 0 Å². The summed E-state index contributed by atoms with van der Waals surface area (Å²) in [5.41, 5.74) is 4.90. The first kappa shape index (κ1) is 19.0. The molecular weight excluding hydrogens is 440 g/mol. The molecular formula is C22H26Br2O. The van der Waals surface area contributed by atoms with Crippen LogP contribution in [0.2, 0.25) is 0 Å². The molecule has 0 saturated carbocycles. The number of unbranched alkanes of at least 4 members (excludes halogenated alkanes) is 1. The molecule has 0 spiro atoms. The first-order valence-electron chi connectivity index (χ1n) is 8.94. The summed E-state index contributed by atoms with van der Waals surface area (Å²) in [5, 5.41) is 1.08. The van der Waals surface area contributed by atoms with E-state index in [4.69, 9.17) is 4.74 Å². The van der Waals surface area contributed by atoms with Crippen molar-refractivity contribution in [1.29, 1.82) is 0 Å². The van der Waals surface area contributed by atoms with Gasteiger partial charge in [0.1, 0.15) is 11.4 Å². The number of ether oxygens (including phenoxy) is 1. The number of fused-ring (bicyclic) bond motifs is 3. The van der Waals surface area contributed by atoms with Crippen LogP contribution in [0, 0.1) is 0 Å². The highest BCUT2D eigenvalue weighted by atomic mass is 79.9. The largest absolute Gasteiger partial charge is 0.482 e. The van der Waals surface area contributed by atoms with Gasteiger partial charge in [0, 0.05) is 20.9 Å². The van der Waals surface area contributed by atoms with Crippen LogP contribution in [0.4, 0.5) is 0 Å². The molecule has 0 aromatic heterocycles. The normalized spacial score (nSPS) is 15.3. The van der Waals surface area contributed by atoms with Crippen molar-refractivity contribution in [2.45, 2.75) is 58.0 Å². The fraction of sp³-hybridized carbons (Fsp3) is 0.455. The van der Waals surface area contributed by atoms with Gasteiger partial charge in [-0.05, 0) is 61.4 Å². The Kier molecular flexibility index (Phi) is 5.37. The maximum absolute atomic E-state index is 6.42. The predicted molar refractivity (Wildman–Crippen MR) is 114 cm³/mol. The third kappa shape index (κ3) is 3.83. The van der Waals surface area contributed by atoms with E-state index in [1.165, 1.54) is 41.5 Å². The average molecular weight is 466 g/mol. The summed E-state index contributed by atoms with van der Waals surface area (Å²) in [6.07, 6.45) is 3.64. The van der Waals surface area contributed by atoms with Crippen molar-refractivity contribution < 1.29 is 4.74 Å². The van der Waals surface area contributed by atoms with Crippen molar-refractivity contribution in [3.8, 4) is 16.9 Å². The average Bonchev–Trinajstić information content (AvgIpc) is 2.53. The topological polar surface area (TPSA) is 9.23 Å². The maximum atomic E-state index is 6.42. The smallest absolute Gasteiger partial charge is 0.129 e. The quantitative estimate of drug-likeness (QED) is 0.326. The van der Waals surface area contributed by atoms with E-state index >= 15 is 0 Å². The number of hydrogen-bond donors (Lipinski definition) is 0. The number of halogens is 2. The number of hydrogen-bond acceptors (Lipinski definition) is 1. The summed E-state index contributed by atoms with van der Waals surface area (Å²) < 4.78 is 7.53. The molecule has 134 valence electrons. The number of rotatable bonds is 5. The fourth-order valence-corrected chi connectivity index (χ4v) is 4.41. The molecule has 0 N–H and O–H groups in total. The summed E-state index contributed by atoms with van der Waals surface area (Å²) >= 11 is 7.15. The Hall–Kier alpha value is -0.800. The Morgan fingerprint density at radius 1 is 1.00 bits per heavy atom. The van der Waals surface area contributed by atoms with E-state index in [1.54, 1.807) is 0 Å². The second kappa shape index (κ2) is 7.08. The van der Waals surface area contributed by atoms with Crippen LogP contribution in [0.5, 0.6) is 5.75 Å². The van der Waals surface area contributed by atoms with Crippen molar-refractivity contribution >= 4 is 31.9 Å². The van der Waals surface area contributed by atoms with Crippen LogP contribution < -0.4 is 4.74 Å². The van der Waals surface area contributed by atoms with Gasteiger partial charge >= 0.3 is 0 Å². The van der Waals surface area contributed by atoms with Crippen molar-refractivity contribution in [3.63, 3.8) is 0 Å². The minimum Gasteiger partial charge on any atom is -0.482 e. The molecule has 0 bridgehead atoms. The molecule has 2 aromatic rings. The highest BCUT2D eigenvalue weighted by Crippen LogP contribution is 2.47. The summed E-state index contributed by atoms with van der Waals surface area (Å²) in [6, 6.07) is 13.2. The lowest BCUT2D eigenvalue weighted by atomic mass is 9.78. The molecule has 1 aliphatic rings. The van der Waals surface area contributed by atoms with E-state index in [0.717, 1.165) is 15.6 Å². The van der Waals surface area contributed by atoms with E-state index in [9.17, 15) is 0 Å². The molecule has 0 atom stereocenters. The third-order valence-electron chi connectivity index (χ3n) is 5.23. The molecule has 0 saturated heterocycles. The van der Waals surface area contributed by atoms with Crippen LogP contribution in [0.3, 0.4) is 0 Å². The van der Waals surface area contributed by atoms with Crippen LogP contribution in [0.15, 0.2) is 40.9 Å². The van der Waals surface area contributed by atoms with Crippen LogP contribution in [-0.4, -0.2) is 5.33 Å². The van der Waals surface area contributed by atoms with E-state index in [1.807, 2.05) is 0 Å². The summed E-state index contributed by atoms with van der Waals surface area (Å²) in [4.78, 5) is 0. The molecule has 3 heteroatoms. The molecule has 0 fully saturated rings. The lowest BCUT2D eigenvalue weighted by molar-refractivity contribution is 0.105. The van der Waals surface area contributed by atoms with Crippen LogP contribution in [0.1, 0.15) is 58.1 Å². The van der Waals surface area contributed by atoms with Gasteiger partial charge in [0.25, 0.3) is 0 Å². The Bertz CT molecular complexity index is 778. The Balaban J connectivity index is 2.01. The van der Waals surface area contributed by atoms with Gasteiger partial charge < -0.3 is 4.74 Å². The van der Waals surface area contributed by atoms with Gasteiger partial charge in [-0.3, -0.25) is 0 Å². The van der Waals surface area contributed by atoms with Gasteiger partial charge in [0.15, 0.2) is 0 Å². The minimum absolute atomic E-state index is 0.155. The SMILES string of the molecule is CC(C)(CCCCBr)c1ccc2c(c1)OC(C)(C)c1ccc(Br)cc1-2. The lowest BCUT2D eigenvalue weighted by Gasteiger charge is -2.36. The van der Waals surface area contributed by atoms with Gasteiger partial charge in [-0.1, -0.05) is 70.3 Å². The van der Waals surface area contributed by atoms with Crippen LogP contribution >= 0.6 is 31.9 Å². The molecule has 0 unspecified atom stereocenters. The molecule has 0 radical (unpaired) electrons. The zero-order valence-electron chi connectivity index (χ0n) is 15.5. The van der Waals surface area contributed by atoms with Crippen LogP contribution in [0.25, 0.3) is 11.1 Å². The number of benzene rings is 2. The summed E-state index contributed by atoms with van der Waals surface area (Å²) in [7, 11) is 0. The maximum Gasteiger partial charge on any atom is 0.129 e.